The van der Waals surface area contributed by atoms with E-state index < -0.39 is 6.68 Å². The van der Waals surface area contributed by atoms with Crippen LogP contribution in [0.3, 0.4) is 0 Å². The Bertz CT molecular complexity index is 465. The standard InChI is InChI=1S/C11H12O4.CF3.O.Tc/c1-7(12)9-4-3-8(5-10(9)13)6-11(14)15-2;2-1(3)4;;/h3-5,13H,6H2,1-2H3;;;/q;-1;;. The van der Waals surface area contributed by atoms with Crippen LogP contribution in [0.15, 0.2) is 18.2 Å². The van der Waals surface area contributed by atoms with Crippen molar-refractivity contribution in [3.05, 3.63) is 36.0 Å². The number of benzene rings is 1. The Morgan fingerprint density at radius 2 is 1.76 bits per heavy atom. The second-order valence-electron chi connectivity index (χ2n) is 3.37. The van der Waals surface area contributed by atoms with E-state index in [-0.39, 0.29) is 29.5 Å². The normalized spacial score (nSPS) is 8.86. The van der Waals surface area contributed by atoms with Gasteiger partial charge < -0.3 is 23.0 Å². The number of hydrogen-bond acceptors (Lipinski definition) is 5. The quantitative estimate of drug-likeness (QED) is 0.487. The molecule has 0 fully saturated rings. The zero-order chi connectivity index (χ0) is 17.0. The molecule has 21 heavy (non-hydrogen) atoms. The molecule has 1 aromatic rings. The summed E-state index contributed by atoms with van der Waals surface area (Å²) >= 11 is 0.900. The number of ether oxygens (including phenoxy) is 1. The van der Waals surface area contributed by atoms with Gasteiger partial charge in [-0.3, -0.25) is 9.59 Å². The number of carbonyl (C=O) groups excluding carboxylic acids is 2. The minimum atomic E-state index is -3.08. The summed E-state index contributed by atoms with van der Waals surface area (Å²) < 4.78 is 41.5. The Morgan fingerprint density at radius 1 is 1.29 bits per heavy atom. The summed E-state index contributed by atoms with van der Waals surface area (Å²) in [5.41, 5.74) is 0.868. The Hall–Kier alpha value is -1.60. The van der Waals surface area contributed by atoms with Gasteiger partial charge in [0.15, 0.2) is 12.5 Å². The first-order valence-corrected chi connectivity index (χ1v) is 5.92. The van der Waals surface area contributed by atoms with Crippen LogP contribution in [0.2, 0.25) is 0 Å². The molecule has 0 radical (unpaired) electrons. The van der Waals surface area contributed by atoms with Gasteiger partial charge in [0.2, 0.25) is 0 Å². The second-order valence-corrected chi connectivity index (χ2v) is 3.37. The van der Waals surface area contributed by atoms with E-state index in [4.69, 9.17) is 3.50 Å². The van der Waals surface area contributed by atoms with Crippen LogP contribution in [-0.4, -0.2) is 24.0 Å². The van der Waals surface area contributed by atoms with Crippen LogP contribution >= 0.6 is 0 Å². The van der Waals surface area contributed by atoms with E-state index in [0.29, 0.717) is 5.56 Å². The molecule has 0 heterocycles. The number of esters is 1. The fourth-order valence-corrected chi connectivity index (χ4v) is 1.22. The molecular formula is C12H12F3O5Tc-. The predicted octanol–water partition coefficient (Wildman–Crippen LogP) is 2.53. The van der Waals surface area contributed by atoms with Crippen molar-refractivity contribution in [1.29, 1.82) is 0 Å². The summed E-state index contributed by atoms with van der Waals surface area (Å²) in [6.45, 7) is -1.71. The van der Waals surface area contributed by atoms with Crippen LogP contribution in [0.25, 0.3) is 0 Å². The zero-order valence-electron chi connectivity index (χ0n) is 11.0. The number of halogens is 3. The molecule has 0 bridgehead atoms. The SMILES string of the molecule is COC(=O)Cc1ccc(C(C)=O)c(O)c1.F[C-](F)F.[O]=[Tc]. The maximum absolute atomic E-state index is 11.0. The molecule has 119 valence electrons. The number of methoxy groups -OCH3 is 1. The average Bonchev–Trinajstić information content (AvgIpc) is 2.40. The number of carbonyl (C=O) groups is 2. The monoisotopic (exact) mass is 390 g/mol. The molecule has 0 amide bonds. The Labute approximate surface area is 129 Å². The van der Waals surface area contributed by atoms with Gasteiger partial charge in [-0.05, 0) is 24.6 Å². The van der Waals surface area contributed by atoms with E-state index in [2.05, 4.69) is 4.74 Å². The van der Waals surface area contributed by atoms with Gasteiger partial charge in [0.25, 0.3) is 0 Å². The average molecular weight is 391 g/mol. The van der Waals surface area contributed by atoms with E-state index in [1.807, 2.05) is 0 Å². The number of ketones is 1. The number of Topliss-reactive ketones (excluding diaryl/α,β-unsaturated/α-hetero) is 1. The summed E-state index contributed by atoms with van der Waals surface area (Å²) in [5, 5.41) is 9.47. The fraction of sp³-hybridized carbons (Fsp3) is 0.250. The van der Waals surface area contributed by atoms with Crippen LogP contribution in [-0.2, 0) is 38.3 Å². The molecule has 0 aliphatic rings. The van der Waals surface area contributed by atoms with Gasteiger partial charge in [0, 0.05) is 0 Å². The van der Waals surface area contributed by atoms with E-state index in [9.17, 15) is 27.9 Å². The number of rotatable bonds is 3. The predicted molar refractivity (Wildman–Crippen MR) is 61.1 cm³/mol. The molecule has 0 unspecified atom stereocenters. The first-order valence-electron chi connectivity index (χ1n) is 5.16. The van der Waals surface area contributed by atoms with Gasteiger partial charge in [-0.1, -0.05) is 6.07 Å². The fourth-order valence-electron chi connectivity index (χ4n) is 1.22. The molecule has 0 aromatic heterocycles. The van der Waals surface area contributed by atoms with Crippen molar-refractivity contribution in [3.63, 3.8) is 0 Å². The molecule has 1 N–H and O–H groups in total. The van der Waals surface area contributed by atoms with Gasteiger partial charge in [-0.2, -0.15) is 0 Å². The van der Waals surface area contributed by atoms with E-state index >= 15 is 0 Å². The van der Waals surface area contributed by atoms with Crippen molar-refractivity contribution in [2.45, 2.75) is 13.3 Å². The number of hydrogen-bond donors (Lipinski definition) is 1. The summed E-state index contributed by atoms with van der Waals surface area (Å²) in [6.07, 6.45) is 0.0856. The zero-order valence-corrected chi connectivity index (χ0v) is 12.9. The minimum absolute atomic E-state index is 0.0856. The van der Waals surface area contributed by atoms with E-state index in [0.717, 1.165) is 18.9 Å². The van der Waals surface area contributed by atoms with Crippen molar-refractivity contribution in [3.8, 4) is 5.75 Å². The van der Waals surface area contributed by atoms with Gasteiger partial charge in [-0.15, -0.1) is 0 Å². The first-order chi connectivity index (χ1) is 9.77. The van der Waals surface area contributed by atoms with Crippen LogP contribution in [0.5, 0.6) is 5.75 Å². The van der Waals surface area contributed by atoms with Crippen molar-refractivity contribution in [2.24, 2.45) is 0 Å². The first kappa shape index (κ1) is 21.7. The molecule has 0 spiro atoms. The molecule has 0 saturated heterocycles. The molecule has 0 atom stereocenters. The van der Waals surface area contributed by atoms with Gasteiger partial charge in [0.1, 0.15) is 5.75 Å². The number of phenolic OH excluding ortho intramolecular Hbond substituents is 1. The second kappa shape index (κ2) is 12.2. The summed E-state index contributed by atoms with van der Waals surface area (Å²) in [5.74, 6) is -0.703. The van der Waals surface area contributed by atoms with E-state index in [1.165, 1.54) is 26.2 Å². The Balaban J connectivity index is 0. The van der Waals surface area contributed by atoms with Crippen molar-refractivity contribution >= 4 is 11.8 Å². The van der Waals surface area contributed by atoms with Crippen LogP contribution in [0, 0.1) is 6.68 Å². The van der Waals surface area contributed by atoms with Crippen LogP contribution in [0.4, 0.5) is 13.2 Å². The molecule has 0 aliphatic heterocycles. The van der Waals surface area contributed by atoms with Gasteiger partial charge in [0.05, 0.1) is 19.1 Å². The molecule has 0 saturated carbocycles. The Kier molecular flexibility index (Phi) is 12.6. The third-order valence-electron chi connectivity index (χ3n) is 2.02. The van der Waals surface area contributed by atoms with Gasteiger partial charge >= 0.3 is 28.3 Å². The molecular weight excluding hydrogens is 379 g/mol. The molecule has 1 aromatic carbocycles. The van der Waals surface area contributed by atoms with Crippen LogP contribution < -0.4 is 0 Å². The Morgan fingerprint density at radius 3 is 2.10 bits per heavy atom. The van der Waals surface area contributed by atoms with Crippen molar-refractivity contribution in [2.75, 3.05) is 7.11 Å². The van der Waals surface area contributed by atoms with E-state index in [1.54, 1.807) is 6.07 Å². The summed E-state index contributed by atoms with van der Waals surface area (Å²) in [6, 6.07) is 4.51. The number of phenols is 1. The molecule has 1 rings (SSSR count). The summed E-state index contributed by atoms with van der Waals surface area (Å²) in [4.78, 5) is 21.9. The van der Waals surface area contributed by atoms with Crippen LogP contribution in [0.1, 0.15) is 22.8 Å². The topological polar surface area (TPSA) is 80.7 Å². The van der Waals surface area contributed by atoms with Gasteiger partial charge in [-0.25, -0.2) is 0 Å². The number of aromatic hydroxyl groups is 1. The van der Waals surface area contributed by atoms with Crippen molar-refractivity contribution in [1.82, 2.24) is 0 Å². The molecule has 9 heteroatoms. The van der Waals surface area contributed by atoms with Crippen molar-refractivity contribution < 1.29 is 55.0 Å². The third-order valence-corrected chi connectivity index (χ3v) is 2.02. The molecule has 0 aliphatic carbocycles. The third kappa shape index (κ3) is 10.8. The maximum atomic E-state index is 11.0. The summed E-state index contributed by atoms with van der Waals surface area (Å²) in [7, 11) is 1.30. The molecule has 5 nitrogen and oxygen atoms in total.